The minimum Gasteiger partial charge on any atom is -0.481 e. The van der Waals surface area contributed by atoms with Crippen LogP contribution in [0.1, 0.15) is 6.92 Å². The average Bonchev–Trinajstić information content (AvgIpc) is 2.84. The molecule has 1 fully saturated rings. The van der Waals surface area contributed by atoms with Crippen molar-refractivity contribution in [3.05, 3.63) is 12.5 Å². The maximum atomic E-state index is 12.1. The van der Waals surface area contributed by atoms with E-state index in [0.717, 1.165) is 0 Å². The number of carboxylic acids is 1. The third-order valence-corrected chi connectivity index (χ3v) is 4.74. The molecule has 0 spiro atoms. The Kier molecular flexibility index (Phi) is 2.92. The van der Waals surface area contributed by atoms with Crippen LogP contribution < -0.4 is 0 Å². The van der Waals surface area contributed by atoms with E-state index >= 15 is 0 Å². The number of nitrogens with zero attached hydrogens (tertiary/aromatic N) is 2. The predicted molar refractivity (Wildman–Crippen MR) is 57.6 cm³/mol. The number of aromatic amines is 1. The SMILES string of the molecule is CC1CN(S(=O)(=O)c2cnc[nH]2)CC1C(=O)O. The van der Waals surface area contributed by atoms with E-state index in [0.29, 0.717) is 0 Å². The summed E-state index contributed by atoms with van der Waals surface area (Å²) in [4.78, 5) is 17.1. The fourth-order valence-electron chi connectivity index (χ4n) is 1.96. The molecule has 2 rings (SSSR count). The van der Waals surface area contributed by atoms with Crippen molar-refractivity contribution in [2.45, 2.75) is 11.9 Å². The van der Waals surface area contributed by atoms with Gasteiger partial charge in [-0.3, -0.25) is 4.79 Å². The molecule has 1 aromatic rings. The van der Waals surface area contributed by atoms with Gasteiger partial charge in [0.1, 0.15) is 0 Å². The number of aromatic nitrogens is 2. The molecule has 2 N–H and O–H groups in total. The Labute approximate surface area is 98.5 Å². The van der Waals surface area contributed by atoms with E-state index in [1.165, 1.54) is 16.8 Å². The van der Waals surface area contributed by atoms with Gasteiger partial charge in [-0.15, -0.1) is 0 Å². The first-order chi connectivity index (χ1) is 7.93. The molecule has 94 valence electrons. The first kappa shape index (κ1) is 12.1. The molecule has 7 nitrogen and oxygen atoms in total. The number of rotatable bonds is 3. The summed E-state index contributed by atoms with van der Waals surface area (Å²) in [5.74, 6) is -1.79. The monoisotopic (exact) mass is 259 g/mol. The highest BCUT2D eigenvalue weighted by atomic mass is 32.2. The molecule has 1 aromatic heterocycles. The van der Waals surface area contributed by atoms with Gasteiger partial charge in [-0.25, -0.2) is 13.4 Å². The second-order valence-electron chi connectivity index (χ2n) is 4.16. The van der Waals surface area contributed by atoms with Gasteiger partial charge < -0.3 is 10.1 Å². The van der Waals surface area contributed by atoms with Gasteiger partial charge in [0.25, 0.3) is 10.0 Å². The van der Waals surface area contributed by atoms with E-state index < -0.39 is 21.9 Å². The van der Waals surface area contributed by atoms with Crippen molar-refractivity contribution in [2.75, 3.05) is 13.1 Å². The third-order valence-electron chi connectivity index (χ3n) is 2.99. The largest absolute Gasteiger partial charge is 0.481 e. The maximum absolute atomic E-state index is 12.1. The quantitative estimate of drug-likeness (QED) is 0.779. The average molecular weight is 259 g/mol. The Morgan fingerprint density at radius 3 is 2.76 bits per heavy atom. The Morgan fingerprint density at radius 2 is 2.29 bits per heavy atom. The van der Waals surface area contributed by atoms with Crippen LogP contribution in [0.25, 0.3) is 0 Å². The summed E-state index contributed by atoms with van der Waals surface area (Å²) in [5, 5.41) is 8.95. The Hall–Kier alpha value is -1.41. The zero-order valence-corrected chi connectivity index (χ0v) is 10.0. The van der Waals surface area contributed by atoms with E-state index in [2.05, 4.69) is 9.97 Å². The van der Waals surface area contributed by atoms with Crippen molar-refractivity contribution in [3.63, 3.8) is 0 Å². The lowest BCUT2D eigenvalue weighted by molar-refractivity contribution is -0.142. The predicted octanol–water partition coefficient (Wildman–Crippen LogP) is -0.249. The summed E-state index contributed by atoms with van der Waals surface area (Å²) in [6.45, 7) is 1.97. The van der Waals surface area contributed by atoms with Gasteiger partial charge in [0, 0.05) is 13.1 Å². The van der Waals surface area contributed by atoms with Gasteiger partial charge in [-0.05, 0) is 5.92 Å². The highest BCUT2D eigenvalue weighted by molar-refractivity contribution is 7.89. The normalized spacial score (nSPS) is 26.2. The summed E-state index contributed by atoms with van der Waals surface area (Å²) in [6, 6.07) is 0. The zero-order valence-electron chi connectivity index (χ0n) is 9.20. The molecule has 0 saturated carbocycles. The van der Waals surface area contributed by atoms with Crippen molar-refractivity contribution >= 4 is 16.0 Å². The highest BCUT2D eigenvalue weighted by Gasteiger charge is 2.41. The molecule has 17 heavy (non-hydrogen) atoms. The van der Waals surface area contributed by atoms with Gasteiger partial charge in [-0.2, -0.15) is 4.31 Å². The van der Waals surface area contributed by atoms with Gasteiger partial charge in [-0.1, -0.05) is 6.92 Å². The molecular formula is C9H13N3O4S. The molecule has 0 radical (unpaired) electrons. The second-order valence-corrected chi connectivity index (χ2v) is 6.07. The van der Waals surface area contributed by atoms with E-state index in [9.17, 15) is 13.2 Å². The van der Waals surface area contributed by atoms with E-state index in [1.54, 1.807) is 6.92 Å². The van der Waals surface area contributed by atoms with Crippen LogP contribution in [-0.2, 0) is 14.8 Å². The summed E-state index contributed by atoms with van der Waals surface area (Å²) < 4.78 is 25.3. The molecule has 0 amide bonds. The van der Waals surface area contributed by atoms with Gasteiger partial charge in [0.15, 0.2) is 5.03 Å². The van der Waals surface area contributed by atoms with Crippen molar-refractivity contribution in [1.29, 1.82) is 0 Å². The topological polar surface area (TPSA) is 103 Å². The molecule has 1 aliphatic rings. The molecule has 1 aliphatic heterocycles. The van der Waals surface area contributed by atoms with Crippen LogP contribution in [0.3, 0.4) is 0 Å². The number of carboxylic acid groups (broad SMARTS) is 1. The fraction of sp³-hybridized carbons (Fsp3) is 0.556. The molecule has 0 bridgehead atoms. The zero-order chi connectivity index (χ0) is 12.6. The van der Waals surface area contributed by atoms with Gasteiger partial charge in [0.05, 0.1) is 18.4 Å². The van der Waals surface area contributed by atoms with E-state index in [-0.39, 0.29) is 24.0 Å². The summed E-state index contributed by atoms with van der Waals surface area (Å²) >= 11 is 0. The number of H-pyrrole nitrogens is 1. The Balaban J connectivity index is 2.24. The lowest BCUT2D eigenvalue weighted by Crippen LogP contribution is -2.30. The summed E-state index contributed by atoms with van der Waals surface area (Å²) in [5.41, 5.74) is 0. The minimum atomic E-state index is -3.64. The number of nitrogens with one attached hydrogen (secondary N) is 1. The molecule has 0 aromatic carbocycles. The van der Waals surface area contributed by atoms with Crippen LogP contribution in [-0.4, -0.2) is 46.9 Å². The first-order valence-electron chi connectivity index (χ1n) is 5.14. The van der Waals surface area contributed by atoms with Gasteiger partial charge in [0.2, 0.25) is 0 Å². The van der Waals surface area contributed by atoms with E-state index in [1.807, 2.05) is 0 Å². The molecule has 2 atom stereocenters. The van der Waals surface area contributed by atoms with E-state index in [4.69, 9.17) is 5.11 Å². The van der Waals surface area contributed by atoms with Crippen LogP contribution in [0, 0.1) is 11.8 Å². The Bertz CT molecular complexity index is 510. The summed E-state index contributed by atoms with van der Waals surface area (Å²) in [6.07, 6.45) is 2.50. The molecule has 2 heterocycles. The van der Waals surface area contributed by atoms with Crippen molar-refractivity contribution in [1.82, 2.24) is 14.3 Å². The summed E-state index contributed by atoms with van der Waals surface area (Å²) in [7, 11) is -3.64. The Morgan fingerprint density at radius 1 is 1.59 bits per heavy atom. The number of carbonyl (C=O) groups is 1. The molecule has 1 saturated heterocycles. The standard InChI is InChI=1S/C9H13N3O4S/c1-6-3-12(4-7(6)9(13)14)17(15,16)8-2-10-5-11-8/h2,5-7H,3-4H2,1H3,(H,10,11)(H,13,14). The number of sulfonamides is 1. The van der Waals surface area contributed by atoms with Crippen LogP contribution in [0.5, 0.6) is 0 Å². The first-order valence-corrected chi connectivity index (χ1v) is 6.58. The van der Waals surface area contributed by atoms with Crippen molar-refractivity contribution in [3.8, 4) is 0 Å². The van der Waals surface area contributed by atoms with Crippen LogP contribution in [0.4, 0.5) is 0 Å². The number of aliphatic carboxylic acids is 1. The number of imidazole rings is 1. The van der Waals surface area contributed by atoms with Crippen molar-refractivity contribution < 1.29 is 18.3 Å². The van der Waals surface area contributed by atoms with Gasteiger partial charge >= 0.3 is 5.97 Å². The maximum Gasteiger partial charge on any atom is 0.308 e. The molecule has 8 heteroatoms. The van der Waals surface area contributed by atoms with Crippen LogP contribution in [0.15, 0.2) is 17.6 Å². The van der Waals surface area contributed by atoms with Crippen LogP contribution >= 0.6 is 0 Å². The minimum absolute atomic E-state index is 0.00395. The highest BCUT2D eigenvalue weighted by Crippen LogP contribution is 2.27. The second kappa shape index (κ2) is 4.11. The van der Waals surface area contributed by atoms with Crippen LogP contribution in [0.2, 0.25) is 0 Å². The lowest BCUT2D eigenvalue weighted by Gasteiger charge is -2.13. The lowest BCUT2D eigenvalue weighted by atomic mass is 9.99. The molecular weight excluding hydrogens is 246 g/mol. The third kappa shape index (κ3) is 2.05. The molecule has 0 aliphatic carbocycles. The smallest absolute Gasteiger partial charge is 0.308 e. The fourth-order valence-corrected chi connectivity index (χ4v) is 3.43. The number of hydrogen-bond donors (Lipinski definition) is 2. The molecule has 2 unspecified atom stereocenters. The van der Waals surface area contributed by atoms with Crippen molar-refractivity contribution in [2.24, 2.45) is 11.8 Å². The number of hydrogen-bond acceptors (Lipinski definition) is 4.